The van der Waals surface area contributed by atoms with Gasteiger partial charge in [0.05, 0.1) is 23.5 Å². The summed E-state index contributed by atoms with van der Waals surface area (Å²) in [5, 5.41) is 2.59. The molecule has 1 atom stereocenters. The van der Waals surface area contributed by atoms with Crippen molar-refractivity contribution >= 4 is 35.1 Å². The molecule has 0 saturated carbocycles. The lowest BCUT2D eigenvalue weighted by molar-refractivity contribution is -0.141. The van der Waals surface area contributed by atoms with Gasteiger partial charge in [-0.1, -0.05) is 30.3 Å². The first-order chi connectivity index (χ1) is 16.0. The molecule has 34 heavy (non-hydrogen) atoms. The van der Waals surface area contributed by atoms with Gasteiger partial charge >= 0.3 is 12.1 Å². The molecule has 1 unspecified atom stereocenters. The van der Waals surface area contributed by atoms with Crippen LogP contribution in [0, 0.1) is 0 Å². The minimum Gasteiger partial charge on any atom is -0.487 e. The van der Waals surface area contributed by atoms with Crippen molar-refractivity contribution in [3.8, 4) is 5.75 Å². The Morgan fingerprint density at radius 3 is 2.50 bits per heavy atom. The number of ether oxygens (including phenoxy) is 3. The predicted molar refractivity (Wildman–Crippen MR) is 123 cm³/mol. The van der Waals surface area contributed by atoms with Gasteiger partial charge in [-0.05, 0) is 31.9 Å². The fraction of sp³-hybridized carbons (Fsp3) is 0.360. The number of nitrogens with one attached hydrogen (secondary N) is 1. The highest BCUT2D eigenvalue weighted by Crippen LogP contribution is 2.48. The van der Waals surface area contributed by atoms with Crippen LogP contribution in [0.15, 0.2) is 36.4 Å². The van der Waals surface area contributed by atoms with Crippen LogP contribution in [0.4, 0.5) is 16.2 Å². The Labute approximate surface area is 197 Å². The molecular formula is C25H26N2O7. The highest BCUT2D eigenvalue weighted by molar-refractivity contribution is 6.52. The zero-order valence-corrected chi connectivity index (χ0v) is 19.5. The van der Waals surface area contributed by atoms with Gasteiger partial charge in [0.1, 0.15) is 18.0 Å². The fourth-order valence-electron chi connectivity index (χ4n) is 4.04. The second-order valence-corrected chi connectivity index (χ2v) is 9.21. The zero-order chi connectivity index (χ0) is 24.6. The number of hydrogen-bond donors (Lipinski definition) is 1. The van der Waals surface area contributed by atoms with Crippen molar-refractivity contribution in [3.63, 3.8) is 0 Å². The number of fused-ring (bicyclic) bond motifs is 3. The van der Waals surface area contributed by atoms with E-state index in [-0.39, 0.29) is 36.8 Å². The number of rotatable bonds is 5. The monoisotopic (exact) mass is 466 g/mol. The lowest BCUT2D eigenvalue weighted by atomic mass is 9.93. The molecule has 2 aliphatic heterocycles. The normalized spacial score (nSPS) is 16.6. The van der Waals surface area contributed by atoms with Gasteiger partial charge in [0.25, 0.3) is 11.7 Å². The van der Waals surface area contributed by atoms with Crippen LogP contribution in [0.25, 0.3) is 0 Å². The van der Waals surface area contributed by atoms with Crippen molar-refractivity contribution in [1.82, 2.24) is 0 Å². The van der Waals surface area contributed by atoms with Gasteiger partial charge in [0, 0.05) is 25.5 Å². The molecule has 2 aliphatic rings. The number of amides is 2. The molecule has 1 N–H and O–H groups in total. The van der Waals surface area contributed by atoms with E-state index < -0.39 is 35.3 Å². The van der Waals surface area contributed by atoms with Crippen LogP contribution in [0.5, 0.6) is 5.75 Å². The number of nitrogens with zero attached hydrogens (tertiary/aromatic N) is 1. The summed E-state index contributed by atoms with van der Waals surface area (Å²) in [6.07, 6.45) is -0.613. The number of Topliss-reactive ketones (excluding diaryl/α,β-unsaturated/α-hetero) is 1. The van der Waals surface area contributed by atoms with Crippen molar-refractivity contribution in [1.29, 1.82) is 0 Å². The molecule has 2 heterocycles. The van der Waals surface area contributed by atoms with Crippen molar-refractivity contribution in [2.24, 2.45) is 0 Å². The molecule has 0 saturated heterocycles. The van der Waals surface area contributed by atoms with E-state index >= 15 is 0 Å². The number of hydrogen-bond acceptors (Lipinski definition) is 7. The molecule has 0 spiro atoms. The summed E-state index contributed by atoms with van der Waals surface area (Å²) in [4.78, 5) is 51.1. The molecule has 2 aromatic rings. The van der Waals surface area contributed by atoms with E-state index in [0.717, 1.165) is 5.56 Å². The molecular weight excluding hydrogens is 440 g/mol. The molecule has 2 aromatic carbocycles. The summed E-state index contributed by atoms with van der Waals surface area (Å²) in [5.41, 5.74) is 1.37. The Morgan fingerprint density at radius 1 is 1.15 bits per heavy atom. The van der Waals surface area contributed by atoms with Crippen LogP contribution in [0.1, 0.15) is 55.1 Å². The maximum atomic E-state index is 13.0. The third kappa shape index (κ3) is 4.59. The molecule has 0 fully saturated rings. The zero-order valence-electron chi connectivity index (χ0n) is 19.5. The van der Waals surface area contributed by atoms with Gasteiger partial charge in [0.15, 0.2) is 0 Å². The third-order valence-electron chi connectivity index (χ3n) is 5.42. The summed E-state index contributed by atoms with van der Waals surface area (Å²) in [5.74, 6) is -2.25. The van der Waals surface area contributed by atoms with Crippen molar-refractivity contribution < 1.29 is 33.4 Å². The SMILES string of the molecule is CC(=O)OCC1CN(C(=O)OC(C)(C)C)c2cc(OCc3ccccc3)c3c(c21)C(=O)C(=O)N3. The number of ketones is 1. The van der Waals surface area contributed by atoms with Crippen molar-refractivity contribution in [3.05, 3.63) is 53.1 Å². The van der Waals surface area contributed by atoms with Gasteiger partial charge in [-0.15, -0.1) is 0 Å². The molecule has 2 amide bonds. The summed E-state index contributed by atoms with van der Waals surface area (Å²) in [7, 11) is 0. The van der Waals surface area contributed by atoms with Crippen molar-refractivity contribution in [2.75, 3.05) is 23.4 Å². The molecule has 4 rings (SSSR count). The molecule has 178 valence electrons. The maximum Gasteiger partial charge on any atom is 0.414 e. The Kier molecular flexibility index (Phi) is 6.03. The van der Waals surface area contributed by atoms with Gasteiger partial charge < -0.3 is 19.5 Å². The summed E-state index contributed by atoms with van der Waals surface area (Å²) in [6.45, 7) is 6.79. The summed E-state index contributed by atoms with van der Waals surface area (Å²) < 4.78 is 16.8. The van der Waals surface area contributed by atoms with E-state index in [0.29, 0.717) is 11.3 Å². The van der Waals surface area contributed by atoms with E-state index in [2.05, 4.69) is 5.32 Å². The van der Waals surface area contributed by atoms with Gasteiger partial charge in [-0.2, -0.15) is 0 Å². The second kappa shape index (κ2) is 8.81. The average Bonchev–Trinajstić information content (AvgIpc) is 3.27. The van der Waals surface area contributed by atoms with E-state index in [9.17, 15) is 19.2 Å². The Bertz CT molecular complexity index is 1170. The van der Waals surface area contributed by atoms with Crippen LogP contribution in [-0.4, -0.2) is 42.5 Å². The van der Waals surface area contributed by atoms with Gasteiger partial charge in [0.2, 0.25) is 0 Å². The van der Waals surface area contributed by atoms with E-state index in [1.807, 2.05) is 30.3 Å². The van der Waals surface area contributed by atoms with Crippen LogP contribution in [-0.2, 0) is 25.7 Å². The summed E-state index contributed by atoms with van der Waals surface area (Å²) >= 11 is 0. The number of anilines is 2. The number of esters is 1. The summed E-state index contributed by atoms with van der Waals surface area (Å²) in [6, 6.07) is 11.0. The Hall–Kier alpha value is -3.88. The van der Waals surface area contributed by atoms with E-state index in [1.165, 1.54) is 11.8 Å². The average molecular weight is 466 g/mol. The number of carbonyl (C=O) groups is 4. The lowest BCUT2D eigenvalue weighted by Crippen LogP contribution is -2.36. The highest BCUT2D eigenvalue weighted by atomic mass is 16.6. The van der Waals surface area contributed by atoms with E-state index in [1.54, 1.807) is 26.8 Å². The predicted octanol–water partition coefficient (Wildman–Crippen LogP) is 3.80. The second-order valence-electron chi connectivity index (χ2n) is 9.21. The van der Waals surface area contributed by atoms with Crippen LogP contribution >= 0.6 is 0 Å². The highest BCUT2D eigenvalue weighted by Gasteiger charge is 2.44. The number of benzene rings is 2. The van der Waals surface area contributed by atoms with E-state index in [4.69, 9.17) is 14.2 Å². The first-order valence-electron chi connectivity index (χ1n) is 10.9. The smallest absolute Gasteiger partial charge is 0.414 e. The lowest BCUT2D eigenvalue weighted by Gasteiger charge is -2.25. The Morgan fingerprint density at radius 2 is 1.85 bits per heavy atom. The molecule has 0 radical (unpaired) electrons. The van der Waals surface area contributed by atoms with Crippen LogP contribution in [0.2, 0.25) is 0 Å². The molecule has 0 aliphatic carbocycles. The fourth-order valence-corrected chi connectivity index (χ4v) is 4.04. The largest absolute Gasteiger partial charge is 0.487 e. The first-order valence-corrected chi connectivity index (χ1v) is 10.9. The minimum atomic E-state index is -0.782. The molecule has 9 nitrogen and oxygen atoms in total. The Balaban J connectivity index is 1.79. The topological polar surface area (TPSA) is 111 Å². The van der Waals surface area contributed by atoms with Crippen LogP contribution in [0.3, 0.4) is 0 Å². The van der Waals surface area contributed by atoms with Crippen LogP contribution < -0.4 is 15.0 Å². The minimum absolute atomic E-state index is 0.0558. The molecule has 9 heteroatoms. The van der Waals surface area contributed by atoms with Crippen molar-refractivity contribution in [2.45, 2.75) is 45.8 Å². The maximum absolute atomic E-state index is 13.0. The van der Waals surface area contributed by atoms with Gasteiger partial charge in [-0.3, -0.25) is 19.3 Å². The standard InChI is InChI=1S/C25H26N2O7/c1-14(28)32-13-16-11-27(24(31)34-25(2,3)4)17-10-18(33-12-15-8-6-5-7-9-15)21-20(19(16)17)22(29)23(30)26-21/h5-10,16H,11-13H2,1-4H3,(H,26,29,30). The number of carbonyl (C=O) groups excluding carboxylic acids is 4. The van der Waals surface area contributed by atoms with Gasteiger partial charge in [-0.25, -0.2) is 4.79 Å². The first kappa shape index (κ1) is 23.3. The molecule has 0 aromatic heterocycles. The quantitative estimate of drug-likeness (QED) is 0.527. The molecule has 0 bridgehead atoms. The third-order valence-corrected chi connectivity index (χ3v) is 5.42.